The summed E-state index contributed by atoms with van der Waals surface area (Å²) in [5.74, 6) is 0.134. The summed E-state index contributed by atoms with van der Waals surface area (Å²) in [6, 6.07) is 0.144. The highest BCUT2D eigenvalue weighted by atomic mass is 16.2. The van der Waals surface area contributed by atoms with Crippen LogP contribution >= 0.6 is 0 Å². The highest BCUT2D eigenvalue weighted by molar-refractivity contribution is 5.92. The van der Waals surface area contributed by atoms with Gasteiger partial charge in [0.05, 0.1) is 0 Å². The highest BCUT2D eigenvalue weighted by Crippen LogP contribution is 2.30. The molecule has 102 valence electrons. The molecule has 2 amide bonds. The van der Waals surface area contributed by atoms with Gasteiger partial charge in [-0.05, 0) is 33.1 Å². The highest BCUT2D eigenvalue weighted by Gasteiger charge is 2.45. The van der Waals surface area contributed by atoms with E-state index < -0.39 is 5.54 Å². The summed E-state index contributed by atoms with van der Waals surface area (Å²) in [6.45, 7) is 4.90. The summed E-state index contributed by atoms with van der Waals surface area (Å²) >= 11 is 0. The third-order valence-electron chi connectivity index (χ3n) is 4.29. The second-order valence-electron chi connectivity index (χ2n) is 6.05. The Labute approximate surface area is 108 Å². The van der Waals surface area contributed by atoms with Crippen molar-refractivity contribution in [2.75, 3.05) is 20.1 Å². The number of piperazine rings is 1. The Bertz CT molecular complexity index is 367. The van der Waals surface area contributed by atoms with Crippen LogP contribution in [0.15, 0.2) is 0 Å². The van der Waals surface area contributed by atoms with Crippen molar-refractivity contribution in [3.05, 3.63) is 0 Å². The molecule has 2 atom stereocenters. The molecule has 1 saturated heterocycles. The molecule has 0 aromatic carbocycles. The zero-order valence-corrected chi connectivity index (χ0v) is 11.5. The van der Waals surface area contributed by atoms with Crippen molar-refractivity contribution in [1.82, 2.24) is 9.80 Å². The smallest absolute Gasteiger partial charge is 0.247 e. The van der Waals surface area contributed by atoms with Gasteiger partial charge in [-0.2, -0.15) is 0 Å². The largest absolute Gasteiger partial charge is 0.342 e. The molecule has 2 fully saturated rings. The zero-order valence-electron chi connectivity index (χ0n) is 11.5. The zero-order chi connectivity index (χ0) is 13.5. The molecule has 0 aromatic heterocycles. The molecule has 0 aromatic rings. The number of hydrogen-bond acceptors (Lipinski definition) is 3. The van der Waals surface area contributed by atoms with Crippen LogP contribution in [0.25, 0.3) is 0 Å². The second-order valence-corrected chi connectivity index (χ2v) is 6.05. The topological polar surface area (TPSA) is 66.6 Å². The Morgan fingerprint density at radius 2 is 2.00 bits per heavy atom. The van der Waals surface area contributed by atoms with Gasteiger partial charge in [-0.3, -0.25) is 9.59 Å². The third-order valence-corrected chi connectivity index (χ3v) is 4.29. The molecular weight excluding hydrogens is 230 g/mol. The van der Waals surface area contributed by atoms with Gasteiger partial charge in [-0.25, -0.2) is 0 Å². The summed E-state index contributed by atoms with van der Waals surface area (Å²) in [7, 11) is 1.79. The number of nitrogens with zero attached hydrogens (tertiary/aromatic N) is 2. The lowest BCUT2D eigenvalue weighted by atomic mass is 9.94. The van der Waals surface area contributed by atoms with E-state index >= 15 is 0 Å². The molecule has 2 aliphatic rings. The van der Waals surface area contributed by atoms with Gasteiger partial charge in [-0.1, -0.05) is 0 Å². The van der Waals surface area contributed by atoms with E-state index in [1.54, 1.807) is 16.8 Å². The van der Waals surface area contributed by atoms with Crippen molar-refractivity contribution in [3.63, 3.8) is 0 Å². The van der Waals surface area contributed by atoms with Gasteiger partial charge in [0.15, 0.2) is 0 Å². The molecule has 5 nitrogen and oxygen atoms in total. The minimum absolute atomic E-state index is 0.00970. The molecule has 0 radical (unpaired) electrons. The molecule has 1 heterocycles. The summed E-state index contributed by atoms with van der Waals surface area (Å²) in [6.07, 6.45) is 2.53. The van der Waals surface area contributed by atoms with Gasteiger partial charge in [-0.15, -0.1) is 0 Å². The van der Waals surface area contributed by atoms with Crippen LogP contribution in [0.4, 0.5) is 0 Å². The van der Waals surface area contributed by atoms with Crippen LogP contribution < -0.4 is 5.73 Å². The molecule has 0 bridgehead atoms. The fraction of sp³-hybridized carbons (Fsp3) is 0.846. The maximum atomic E-state index is 12.5. The Balaban J connectivity index is 2.13. The number of hydrogen-bond donors (Lipinski definition) is 1. The Morgan fingerprint density at radius 3 is 2.56 bits per heavy atom. The van der Waals surface area contributed by atoms with Crippen LogP contribution in [0.5, 0.6) is 0 Å². The van der Waals surface area contributed by atoms with Crippen LogP contribution in [-0.4, -0.2) is 53.3 Å². The molecule has 1 saturated carbocycles. The average Bonchev–Trinajstić information content (AvgIpc) is 2.72. The van der Waals surface area contributed by atoms with E-state index in [-0.39, 0.29) is 23.8 Å². The van der Waals surface area contributed by atoms with Crippen LogP contribution in [0.2, 0.25) is 0 Å². The standard InChI is InChI=1S/C13H23N3O2/c1-13(2)12(18)15(3)6-7-16(13)11(17)9-4-5-10(14)8-9/h9-10H,4-8,14H2,1-3H3/t9-,10-/m0/s1. The molecule has 18 heavy (non-hydrogen) atoms. The molecule has 2 N–H and O–H groups in total. The summed E-state index contributed by atoms with van der Waals surface area (Å²) in [5, 5.41) is 0. The summed E-state index contributed by atoms with van der Waals surface area (Å²) in [5.41, 5.74) is 5.14. The van der Waals surface area contributed by atoms with Crippen molar-refractivity contribution in [2.45, 2.75) is 44.7 Å². The monoisotopic (exact) mass is 253 g/mol. The fourth-order valence-corrected chi connectivity index (χ4v) is 3.06. The van der Waals surface area contributed by atoms with Crippen LogP contribution in [0, 0.1) is 5.92 Å². The summed E-state index contributed by atoms with van der Waals surface area (Å²) < 4.78 is 0. The van der Waals surface area contributed by atoms with Crippen LogP contribution in [-0.2, 0) is 9.59 Å². The van der Waals surface area contributed by atoms with Crippen molar-refractivity contribution >= 4 is 11.8 Å². The van der Waals surface area contributed by atoms with Crippen molar-refractivity contribution < 1.29 is 9.59 Å². The predicted molar refractivity (Wildman–Crippen MR) is 68.7 cm³/mol. The fourth-order valence-electron chi connectivity index (χ4n) is 3.06. The van der Waals surface area contributed by atoms with Crippen molar-refractivity contribution in [3.8, 4) is 0 Å². The van der Waals surface area contributed by atoms with Gasteiger partial charge in [0.1, 0.15) is 5.54 Å². The van der Waals surface area contributed by atoms with E-state index in [1.807, 2.05) is 13.8 Å². The van der Waals surface area contributed by atoms with Crippen molar-refractivity contribution in [1.29, 1.82) is 0 Å². The van der Waals surface area contributed by atoms with Gasteiger partial charge < -0.3 is 15.5 Å². The molecule has 1 aliphatic heterocycles. The van der Waals surface area contributed by atoms with Gasteiger partial charge in [0, 0.05) is 32.1 Å². The van der Waals surface area contributed by atoms with Crippen molar-refractivity contribution in [2.24, 2.45) is 11.7 Å². The van der Waals surface area contributed by atoms with E-state index in [0.29, 0.717) is 13.1 Å². The average molecular weight is 253 g/mol. The predicted octanol–water partition coefficient (Wildman–Crippen LogP) is 0.193. The Morgan fingerprint density at radius 1 is 1.33 bits per heavy atom. The molecule has 1 aliphatic carbocycles. The molecule has 2 rings (SSSR count). The maximum Gasteiger partial charge on any atom is 0.247 e. The number of carbonyl (C=O) groups excluding carboxylic acids is 2. The first-order valence-corrected chi connectivity index (χ1v) is 6.66. The number of likely N-dealkylation sites (N-methyl/N-ethyl adjacent to an activating group) is 1. The van der Waals surface area contributed by atoms with E-state index in [4.69, 9.17) is 5.73 Å². The second kappa shape index (κ2) is 4.53. The number of nitrogens with two attached hydrogens (primary N) is 1. The Kier molecular flexibility index (Phi) is 3.36. The minimum Gasteiger partial charge on any atom is -0.342 e. The number of carbonyl (C=O) groups is 2. The Hall–Kier alpha value is -1.10. The van der Waals surface area contributed by atoms with E-state index in [0.717, 1.165) is 19.3 Å². The molecular formula is C13H23N3O2. The van der Waals surface area contributed by atoms with Crippen LogP contribution in [0.3, 0.4) is 0 Å². The number of rotatable bonds is 1. The molecule has 0 spiro atoms. The SMILES string of the molecule is CN1CCN(C(=O)[C@H]2CC[C@H](N)C2)C(C)(C)C1=O. The normalized spacial score (nSPS) is 31.9. The van der Waals surface area contributed by atoms with Gasteiger partial charge in [0.2, 0.25) is 11.8 Å². The first kappa shape index (κ1) is 13.3. The van der Waals surface area contributed by atoms with Crippen LogP contribution in [0.1, 0.15) is 33.1 Å². The lowest BCUT2D eigenvalue weighted by Gasteiger charge is -2.45. The first-order chi connectivity index (χ1) is 8.34. The van der Waals surface area contributed by atoms with E-state index in [2.05, 4.69) is 0 Å². The molecule has 5 heteroatoms. The van der Waals surface area contributed by atoms with E-state index in [9.17, 15) is 9.59 Å². The minimum atomic E-state index is -0.725. The van der Waals surface area contributed by atoms with E-state index in [1.165, 1.54) is 0 Å². The first-order valence-electron chi connectivity index (χ1n) is 6.66. The third kappa shape index (κ3) is 2.11. The molecule has 0 unspecified atom stereocenters. The summed E-state index contributed by atoms with van der Waals surface area (Å²) in [4.78, 5) is 28.1. The van der Waals surface area contributed by atoms with Gasteiger partial charge in [0.25, 0.3) is 0 Å². The lowest BCUT2D eigenvalue weighted by molar-refractivity contribution is -0.159. The lowest BCUT2D eigenvalue weighted by Crippen LogP contribution is -2.64. The maximum absolute atomic E-state index is 12.5. The number of amides is 2. The quantitative estimate of drug-likeness (QED) is 0.725. The van der Waals surface area contributed by atoms with Gasteiger partial charge >= 0.3 is 0 Å².